The molecule has 1 atom stereocenters. The number of carbonyl (C=O) groups excluding carboxylic acids is 1. The smallest absolute Gasteiger partial charge is 0.245 e. The molecule has 206 valence electrons. The van der Waals surface area contributed by atoms with Gasteiger partial charge in [-0.25, -0.2) is 12.8 Å². The van der Waals surface area contributed by atoms with E-state index in [1.165, 1.54) is 16.4 Å². The molecule has 2 aromatic carbocycles. The SMILES string of the molecule is CC1(C)N=C(C23CC(N(Cc4ccc(Cl)c(F)c4)S(=O)(=O)c4ccccc4)(C2)C3)N[C@H]1C(=O)NC12CC(C1)C2. The highest BCUT2D eigenvalue weighted by molar-refractivity contribution is 7.89. The van der Waals surface area contributed by atoms with Crippen LogP contribution in [0.3, 0.4) is 0 Å². The predicted molar refractivity (Wildman–Crippen MR) is 146 cm³/mol. The van der Waals surface area contributed by atoms with Gasteiger partial charge in [-0.3, -0.25) is 9.79 Å². The number of rotatable bonds is 8. The third-order valence-corrected chi connectivity index (χ3v) is 12.0. The monoisotopic (exact) mass is 570 g/mol. The molecule has 10 heteroatoms. The summed E-state index contributed by atoms with van der Waals surface area (Å²) >= 11 is 5.88. The average Bonchev–Trinajstić information content (AvgIpc) is 3.10. The van der Waals surface area contributed by atoms with Crippen LogP contribution in [0.25, 0.3) is 0 Å². The minimum atomic E-state index is -3.86. The summed E-state index contributed by atoms with van der Waals surface area (Å²) in [6, 6.07) is 12.3. The van der Waals surface area contributed by atoms with Crippen molar-refractivity contribution in [1.82, 2.24) is 14.9 Å². The lowest BCUT2D eigenvalue weighted by Crippen LogP contribution is -2.78. The summed E-state index contributed by atoms with van der Waals surface area (Å²) in [6.07, 6.45) is 5.04. The standard InChI is InChI=1S/C29H32ClFN4O3S/c1-26(2)23(24(36)33-28-11-19(12-28)13-28)32-25(34-26)27-15-29(16-27,17-27)35(14-18-8-9-21(30)22(31)10-18)39(37,38)20-6-4-3-5-7-20/h3-10,19,23H,11-17H2,1-2H3,(H,32,34)(H,33,36)/t19?,23-,27?,28?,29?/m0/s1. The molecule has 0 unspecified atom stereocenters. The van der Waals surface area contributed by atoms with Crippen LogP contribution in [0, 0.1) is 17.2 Å². The Morgan fingerprint density at radius 2 is 1.79 bits per heavy atom. The lowest BCUT2D eigenvalue weighted by Gasteiger charge is -2.72. The van der Waals surface area contributed by atoms with Gasteiger partial charge >= 0.3 is 0 Å². The number of aliphatic imine (C=N–C) groups is 1. The fourth-order valence-corrected chi connectivity index (χ4v) is 9.50. The summed E-state index contributed by atoms with van der Waals surface area (Å²) in [6.45, 7) is 3.99. The molecule has 2 aromatic rings. The first-order chi connectivity index (χ1) is 18.4. The third kappa shape index (κ3) is 3.72. The van der Waals surface area contributed by atoms with Crippen LogP contribution in [0.15, 0.2) is 58.4 Å². The molecule has 0 spiro atoms. The number of carbonyl (C=O) groups is 1. The first kappa shape index (κ1) is 25.5. The zero-order valence-electron chi connectivity index (χ0n) is 22.0. The lowest BCUT2D eigenvalue weighted by molar-refractivity contribution is -0.151. The molecule has 0 radical (unpaired) electrons. The van der Waals surface area contributed by atoms with E-state index in [0.717, 1.165) is 31.0 Å². The van der Waals surface area contributed by atoms with Crippen molar-refractivity contribution in [2.45, 2.75) is 86.5 Å². The fraction of sp³-hybridized carbons (Fsp3) is 0.517. The van der Waals surface area contributed by atoms with E-state index in [1.54, 1.807) is 36.4 Å². The number of hydrogen-bond donors (Lipinski definition) is 2. The summed E-state index contributed by atoms with van der Waals surface area (Å²) in [7, 11) is -3.86. The molecule has 7 aliphatic rings. The number of halogens is 2. The van der Waals surface area contributed by atoms with Crippen molar-refractivity contribution in [3.05, 3.63) is 64.9 Å². The van der Waals surface area contributed by atoms with Gasteiger partial charge < -0.3 is 10.6 Å². The van der Waals surface area contributed by atoms with Crippen LogP contribution in [0.1, 0.15) is 57.9 Å². The topological polar surface area (TPSA) is 90.9 Å². The summed E-state index contributed by atoms with van der Waals surface area (Å²) in [5.74, 6) is 1.01. The molecule has 1 amide bonds. The Morgan fingerprint density at radius 3 is 2.38 bits per heavy atom. The molecule has 4 bridgehead atoms. The van der Waals surface area contributed by atoms with E-state index in [-0.39, 0.29) is 33.3 Å². The van der Waals surface area contributed by atoms with Gasteiger partial charge in [0.1, 0.15) is 17.7 Å². The number of amidine groups is 1. The van der Waals surface area contributed by atoms with Crippen molar-refractivity contribution in [3.63, 3.8) is 0 Å². The van der Waals surface area contributed by atoms with Crippen molar-refractivity contribution in [2.24, 2.45) is 16.3 Å². The minimum Gasteiger partial charge on any atom is -0.360 e. The Bertz CT molecular complexity index is 1490. The van der Waals surface area contributed by atoms with Gasteiger partial charge in [-0.2, -0.15) is 4.31 Å². The van der Waals surface area contributed by atoms with Crippen molar-refractivity contribution in [3.8, 4) is 0 Å². The number of sulfonamides is 1. The number of benzene rings is 2. The highest BCUT2D eigenvalue weighted by atomic mass is 35.5. The second-order valence-electron chi connectivity index (χ2n) is 13.0. The van der Waals surface area contributed by atoms with E-state index in [2.05, 4.69) is 10.6 Å². The first-order valence-electron chi connectivity index (χ1n) is 13.6. The van der Waals surface area contributed by atoms with E-state index < -0.39 is 33.0 Å². The van der Waals surface area contributed by atoms with E-state index in [0.29, 0.717) is 24.8 Å². The number of nitrogens with zero attached hydrogens (tertiary/aromatic N) is 2. The summed E-state index contributed by atoms with van der Waals surface area (Å²) < 4.78 is 43.6. The van der Waals surface area contributed by atoms with Crippen LogP contribution >= 0.6 is 11.6 Å². The van der Waals surface area contributed by atoms with E-state index in [1.807, 2.05) is 13.8 Å². The second-order valence-corrected chi connectivity index (χ2v) is 15.3. The van der Waals surface area contributed by atoms with Gasteiger partial charge in [-0.15, -0.1) is 0 Å². The van der Waals surface area contributed by atoms with Crippen LogP contribution in [0.4, 0.5) is 4.39 Å². The number of hydrogen-bond acceptors (Lipinski definition) is 5. The summed E-state index contributed by atoms with van der Waals surface area (Å²) in [4.78, 5) is 18.4. The molecule has 7 nitrogen and oxygen atoms in total. The summed E-state index contributed by atoms with van der Waals surface area (Å²) in [5, 5.41) is 6.72. The highest BCUT2D eigenvalue weighted by Gasteiger charge is 2.75. The van der Waals surface area contributed by atoms with Crippen molar-refractivity contribution in [2.75, 3.05) is 0 Å². The van der Waals surface area contributed by atoms with Crippen molar-refractivity contribution < 1.29 is 17.6 Å². The van der Waals surface area contributed by atoms with Crippen LogP contribution in [-0.2, 0) is 21.4 Å². The molecule has 0 saturated heterocycles. The Labute approximate surface area is 233 Å². The van der Waals surface area contributed by atoms with Gasteiger partial charge in [0.15, 0.2) is 0 Å². The van der Waals surface area contributed by atoms with Crippen LogP contribution in [-0.4, -0.2) is 47.1 Å². The van der Waals surface area contributed by atoms with Crippen LogP contribution in [0.5, 0.6) is 0 Å². The fourth-order valence-electron chi connectivity index (χ4n) is 7.60. The maximum Gasteiger partial charge on any atom is 0.245 e. The maximum absolute atomic E-state index is 14.3. The Morgan fingerprint density at radius 1 is 1.13 bits per heavy atom. The largest absolute Gasteiger partial charge is 0.360 e. The van der Waals surface area contributed by atoms with E-state index in [4.69, 9.17) is 16.6 Å². The van der Waals surface area contributed by atoms with Gasteiger partial charge in [0, 0.05) is 23.0 Å². The van der Waals surface area contributed by atoms with Gasteiger partial charge in [0.2, 0.25) is 15.9 Å². The maximum atomic E-state index is 14.3. The molecule has 6 saturated carbocycles. The van der Waals surface area contributed by atoms with Gasteiger partial charge in [0.05, 0.1) is 15.5 Å². The zero-order chi connectivity index (χ0) is 27.4. The Balaban J connectivity index is 1.12. The molecule has 2 N–H and O–H groups in total. The zero-order valence-corrected chi connectivity index (χ0v) is 23.6. The molecular weight excluding hydrogens is 539 g/mol. The summed E-state index contributed by atoms with van der Waals surface area (Å²) in [5.41, 5.74) is -0.931. The molecule has 9 rings (SSSR count). The second kappa shape index (κ2) is 8.04. The van der Waals surface area contributed by atoms with E-state index in [9.17, 15) is 17.6 Å². The van der Waals surface area contributed by atoms with Crippen LogP contribution in [0.2, 0.25) is 5.02 Å². The van der Waals surface area contributed by atoms with Gasteiger partial charge in [-0.1, -0.05) is 35.9 Å². The normalized spacial score (nSPS) is 35.1. The van der Waals surface area contributed by atoms with Gasteiger partial charge in [-0.05, 0) is 88.1 Å². The van der Waals surface area contributed by atoms with Crippen LogP contribution < -0.4 is 10.6 Å². The number of amides is 1. The van der Waals surface area contributed by atoms with Gasteiger partial charge in [0.25, 0.3) is 0 Å². The molecule has 1 aliphatic heterocycles. The average molecular weight is 571 g/mol. The molecule has 6 aliphatic carbocycles. The highest BCUT2D eigenvalue weighted by Crippen LogP contribution is 2.71. The predicted octanol–water partition coefficient (Wildman–Crippen LogP) is 4.41. The third-order valence-electron chi connectivity index (χ3n) is 9.75. The first-order valence-corrected chi connectivity index (χ1v) is 15.4. The van der Waals surface area contributed by atoms with E-state index >= 15 is 0 Å². The minimum absolute atomic E-state index is 0.00115. The Kier molecular flexibility index (Phi) is 5.25. The molecule has 0 aromatic heterocycles. The van der Waals surface area contributed by atoms with Crippen molar-refractivity contribution in [1.29, 1.82) is 0 Å². The quantitative estimate of drug-likeness (QED) is 0.492. The molecule has 6 fully saturated rings. The molecule has 1 heterocycles. The number of nitrogens with one attached hydrogen (secondary N) is 2. The Hall–Kier alpha value is -2.49. The van der Waals surface area contributed by atoms with Crippen molar-refractivity contribution >= 4 is 33.4 Å². The molecule has 39 heavy (non-hydrogen) atoms. The molecular formula is C29H32ClFN4O3S. The lowest BCUT2D eigenvalue weighted by atomic mass is 9.38.